The van der Waals surface area contributed by atoms with Crippen molar-refractivity contribution >= 4 is 11.6 Å². The van der Waals surface area contributed by atoms with Gasteiger partial charge in [0, 0.05) is 11.1 Å². The lowest BCUT2D eigenvalue weighted by Gasteiger charge is -2.52. The van der Waals surface area contributed by atoms with Crippen LogP contribution in [0.25, 0.3) is 0 Å². The Kier molecular flexibility index (Phi) is 3.85. The molecule has 0 bridgehead atoms. The number of hydrogen-bond donors (Lipinski definition) is 0. The zero-order valence-electron chi connectivity index (χ0n) is 13.0. The van der Waals surface area contributed by atoms with E-state index in [2.05, 4.69) is 43.9 Å². The second-order valence-corrected chi connectivity index (χ2v) is 7.52. The predicted octanol–water partition coefficient (Wildman–Crippen LogP) is 4.66. The molecule has 2 unspecified atom stereocenters. The number of hydrogen-bond acceptors (Lipinski definition) is 1. The Morgan fingerprint density at radius 2 is 2.15 bits per heavy atom. The van der Waals surface area contributed by atoms with Crippen LogP contribution in [0.4, 0.5) is 0 Å². The van der Waals surface area contributed by atoms with E-state index in [1.54, 1.807) is 0 Å². The van der Waals surface area contributed by atoms with E-state index in [4.69, 9.17) is 11.6 Å². The fourth-order valence-electron chi connectivity index (χ4n) is 4.56. The summed E-state index contributed by atoms with van der Waals surface area (Å²) >= 11 is 6.25. The minimum Gasteiger partial charge on any atom is -0.300 e. The first-order valence-electron chi connectivity index (χ1n) is 8.07. The third-order valence-corrected chi connectivity index (χ3v) is 5.76. The molecule has 0 N–H and O–H groups in total. The first kappa shape index (κ1) is 14.4. The molecule has 0 radical (unpaired) electrons. The summed E-state index contributed by atoms with van der Waals surface area (Å²) in [6, 6.07) is 7.26. The van der Waals surface area contributed by atoms with Gasteiger partial charge >= 0.3 is 0 Å². The van der Waals surface area contributed by atoms with E-state index < -0.39 is 0 Å². The normalized spacial score (nSPS) is 28.8. The molecule has 1 aliphatic heterocycles. The van der Waals surface area contributed by atoms with E-state index in [9.17, 15) is 0 Å². The van der Waals surface area contributed by atoms with Crippen molar-refractivity contribution in [2.75, 3.05) is 13.1 Å². The van der Waals surface area contributed by atoms with Gasteiger partial charge in [0.15, 0.2) is 0 Å². The molecule has 2 aliphatic rings. The maximum Gasteiger partial charge on any atom is 0.0409 e. The van der Waals surface area contributed by atoms with E-state index in [0.29, 0.717) is 0 Å². The zero-order chi connectivity index (χ0) is 14.3. The second-order valence-electron chi connectivity index (χ2n) is 7.08. The summed E-state index contributed by atoms with van der Waals surface area (Å²) in [5.41, 5.74) is 3.25. The van der Waals surface area contributed by atoms with Crippen molar-refractivity contribution < 1.29 is 0 Å². The van der Waals surface area contributed by atoms with Crippen molar-refractivity contribution in [3.63, 3.8) is 0 Å². The van der Waals surface area contributed by atoms with Crippen molar-refractivity contribution in [3.05, 3.63) is 34.3 Å². The van der Waals surface area contributed by atoms with Crippen LogP contribution in [0.2, 0.25) is 5.02 Å². The number of piperidine rings is 1. The van der Waals surface area contributed by atoms with Gasteiger partial charge < -0.3 is 0 Å². The van der Waals surface area contributed by atoms with Gasteiger partial charge in [0.25, 0.3) is 0 Å². The predicted molar refractivity (Wildman–Crippen MR) is 86.6 cm³/mol. The second kappa shape index (κ2) is 5.35. The van der Waals surface area contributed by atoms with E-state index in [0.717, 1.165) is 17.0 Å². The third kappa shape index (κ3) is 2.29. The van der Waals surface area contributed by atoms with Gasteiger partial charge in [-0.15, -0.1) is 0 Å². The molecule has 20 heavy (non-hydrogen) atoms. The van der Waals surface area contributed by atoms with Crippen molar-refractivity contribution in [2.24, 2.45) is 5.92 Å². The van der Waals surface area contributed by atoms with Crippen molar-refractivity contribution in [1.82, 2.24) is 4.90 Å². The highest BCUT2D eigenvalue weighted by molar-refractivity contribution is 6.30. The SMILES string of the molecule is CCCN1CCCC2C1Cc1ccc(Cl)cc1C2(C)C. The molecule has 1 nitrogen and oxygen atoms in total. The summed E-state index contributed by atoms with van der Waals surface area (Å²) in [4.78, 5) is 2.74. The van der Waals surface area contributed by atoms with E-state index in [1.165, 1.54) is 49.9 Å². The summed E-state index contributed by atoms with van der Waals surface area (Å²) < 4.78 is 0. The van der Waals surface area contributed by atoms with Crippen LogP contribution >= 0.6 is 11.6 Å². The Morgan fingerprint density at radius 3 is 2.90 bits per heavy atom. The van der Waals surface area contributed by atoms with Gasteiger partial charge in [0.2, 0.25) is 0 Å². The lowest BCUT2D eigenvalue weighted by molar-refractivity contribution is 0.0443. The molecule has 1 aliphatic carbocycles. The average molecular weight is 292 g/mol. The summed E-state index contributed by atoms with van der Waals surface area (Å²) in [6.45, 7) is 9.68. The Labute approximate surface area is 128 Å². The molecule has 1 saturated heterocycles. The lowest BCUT2D eigenvalue weighted by Crippen LogP contribution is -2.55. The van der Waals surface area contributed by atoms with Crippen molar-refractivity contribution in [3.8, 4) is 0 Å². The Balaban J connectivity index is 2.01. The first-order chi connectivity index (χ1) is 9.54. The van der Waals surface area contributed by atoms with Crippen LogP contribution in [0, 0.1) is 5.92 Å². The van der Waals surface area contributed by atoms with Gasteiger partial charge in [-0.05, 0) is 73.4 Å². The summed E-state index contributed by atoms with van der Waals surface area (Å²) in [5, 5.41) is 0.886. The van der Waals surface area contributed by atoms with Crippen molar-refractivity contribution in [1.29, 1.82) is 0 Å². The molecule has 0 spiro atoms. The highest BCUT2D eigenvalue weighted by atomic mass is 35.5. The molecule has 110 valence electrons. The highest BCUT2D eigenvalue weighted by Gasteiger charge is 2.45. The van der Waals surface area contributed by atoms with Gasteiger partial charge in [-0.2, -0.15) is 0 Å². The number of benzene rings is 1. The standard InChI is InChI=1S/C18H26ClN/c1-4-9-20-10-5-6-15-17(20)11-13-7-8-14(19)12-16(13)18(15,2)3/h7-8,12,15,17H,4-6,9-11H2,1-3H3. The van der Waals surface area contributed by atoms with Crippen LogP contribution in [-0.4, -0.2) is 24.0 Å². The Morgan fingerprint density at radius 1 is 1.35 bits per heavy atom. The summed E-state index contributed by atoms with van der Waals surface area (Å²) in [6.07, 6.45) is 5.18. The van der Waals surface area contributed by atoms with Crippen LogP contribution in [0.5, 0.6) is 0 Å². The van der Waals surface area contributed by atoms with Gasteiger partial charge in [0.1, 0.15) is 0 Å². The Hall–Kier alpha value is -0.530. The fourth-order valence-corrected chi connectivity index (χ4v) is 4.73. The molecule has 0 aromatic heterocycles. The van der Waals surface area contributed by atoms with Crippen LogP contribution in [-0.2, 0) is 11.8 Å². The molecule has 1 fully saturated rings. The molecule has 3 rings (SSSR count). The topological polar surface area (TPSA) is 3.24 Å². The highest BCUT2D eigenvalue weighted by Crippen LogP contribution is 2.47. The van der Waals surface area contributed by atoms with Crippen molar-refractivity contribution in [2.45, 2.75) is 57.9 Å². The van der Waals surface area contributed by atoms with E-state index in [1.807, 2.05) is 0 Å². The summed E-state index contributed by atoms with van der Waals surface area (Å²) in [5.74, 6) is 0.772. The average Bonchev–Trinajstić information content (AvgIpc) is 2.41. The molecular formula is C18H26ClN. The van der Waals surface area contributed by atoms with Crippen LogP contribution in [0.15, 0.2) is 18.2 Å². The number of rotatable bonds is 2. The molecule has 2 heteroatoms. The largest absolute Gasteiger partial charge is 0.300 e. The molecule has 0 saturated carbocycles. The van der Waals surface area contributed by atoms with Gasteiger partial charge in [-0.25, -0.2) is 0 Å². The molecule has 2 atom stereocenters. The molecule has 1 aromatic carbocycles. The maximum atomic E-state index is 6.25. The van der Waals surface area contributed by atoms with Crippen LogP contribution in [0.3, 0.4) is 0 Å². The monoisotopic (exact) mass is 291 g/mol. The molecule has 0 amide bonds. The lowest BCUT2D eigenvalue weighted by atomic mass is 9.60. The van der Waals surface area contributed by atoms with E-state index >= 15 is 0 Å². The van der Waals surface area contributed by atoms with Gasteiger partial charge in [0.05, 0.1) is 0 Å². The number of likely N-dealkylation sites (tertiary alicyclic amines) is 1. The molecular weight excluding hydrogens is 266 g/mol. The van der Waals surface area contributed by atoms with Crippen LogP contribution < -0.4 is 0 Å². The zero-order valence-corrected chi connectivity index (χ0v) is 13.7. The van der Waals surface area contributed by atoms with Gasteiger partial charge in [-0.1, -0.05) is 38.4 Å². The Bertz CT molecular complexity index is 492. The fraction of sp³-hybridized carbons (Fsp3) is 0.667. The van der Waals surface area contributed by atoms with Gasteiger partial charge in [-0.3, -0.25) is 4.90 Å². The molecule has 1 heterocycles. The molecule has 1 aromatic rings. The van der Waals surface area contributed by atoms with Crippen LogP contribution in [0.1, 0.15) is 51.2 Å². The van der Waals surface area contributed by atoms with E-state index in [-0.39, 0.29) is 5.41 Å². The maximum absolute atomic E-state index is 6.25. The number of fused-ring (bicyclic) bond motifs is 2. The minimum absolute atomic E-state index is 0.246. The third-order valence-electron chi connectivity index (χ3n) is 5.53. The first-order valence-corrected chi connectivity index (χ1v) is 8.44. The summed E-state index contributed by atoms with van der Waals surface area (Å²) in [7, 11) is 0. The quantitative estimate of drug-likeness (QED) is 0.766. The smallest absolute Gasteiger partial charge is 0.0409 e. The number of halogens is 1. The number of nitrogens with zero attached hydrogens (tertiary/aromatic N) is 1. The minimum atomic E-state index is 0.246.